The van der Waals surface area contributed by atoms with E-state index in [-0.39, 0.29) is 12.5 Å². The van der Waals surface area contributed by atoms with E-state index in [2.05, 4.69) is 5.32 Å². The van der Waals surface area contributed by atoms with Gasteiger partial charge in [-0.3, -0.25) is 4.79 Å². The van der Waals surface area contributed by atoms with Crippen molar-refractivity contribution in [2.75, 3.05) is 5.32 Å². The molecule has 74 valence electrons. The summed E-state index contributed by atoms with van der Waals surface area (Å²) in [6.45, 7) is 2.09. The van der Waals surface area contributed by atoms with Gasteiger partial charge in [-0.2, -0.15) is 0 Å². The Morgan fingerprint density at radius 2 is 2.29 bits per heavy atom. The number of carbonyl (C=O) groups is 1. The van der Waals surface area contributed by atoms with Gasteiger partial charge in [0, 0.05) is 5.69 Å². The van der Waals surface area contributed by atoms with Crippen molar-refractivity contribution in [3.8, 4) is 0 Å². The number of aliphatic hydroxyl groups is 1. The van der Waals surface area contributed by atoms with Crippen molar-refractivity contribution in [1.29, 1.82) is 0 Å². The van der Waals surface area contributed by atoms with E-state index < -0.39 is 0 Å². The molecular weight excluding hydrogens is 178 g/mol. The van der Waals surface area contributed by atoms with Gasteiger partial charge in [0.15, 0.2) is 0 Å². The topological polar surface area (TPSA) is 49.3 Å². The van der Waals surface area contributed by atoms with E-state index >= 15 is 0 Å². The van der Waals surface area contributed by atoms with Crippen LogP contribution in [0.3, 0.4) is 0 Å². The normalized spacial score (nSPS) is 14.0. The van der Waals surface area contributed by atoms with Crippen molar-refractivity contribution in [2.24, 2.45) is 0 Å². The maximum atomic E-state index is 11.2. The fourth-order valence-corrected chi connectivity index (χ4v) is 2.00. The van der Waals surface area contributed by atoms with Gasteiger partial charge in [0.25, 0.3) is 0 Å². The predicted molar refractivity (Wildman–Crippen MR) is 54.1 cm³/mol. The average molecular weight is 191 g/mol. The maximum absolute atomic E-state index is 11.2. The molecule has 14 heavy (non-hydrogen) atoms. The van der Waals surface area contributed by atoms with Crippen molar-refractivity contribution in [1.82, 2.24) is 0 Å². The minimum atomic E-state index is 0.0461. The molecule has 0 bridgehead atoms. The number of fused-ring (bicyclic) bond motifs is 1. The Bertz CT molecular complexity index is 385. The van der Waals surface area contributed by atoms with Gasteiger partial charge in [-0.15, -0.1) is 0 Å². The van der Waals surface area contributed by atoms with E-state index in [0.717, 1.165) is 28.8 Å². The summed E-state index contributed by atoms with van der Waals surface area (Å²) in [5.74, 6) is 0.0461. The summed E-state index contributed by atoms with van der Waals surface area (Å²) in [6, 6.07) is 3.74. The van der Waals surface area contributed by atoms with Gasteiger partial charge in [0.05, 0.1) is 13.0 Å². The van der Waals surface area contributed by atoms with E-state index in [1.54, 1.807) is 0 Å². The summed E-state index contributed by atoms with van der Waals surface area (Å²) in [6.07, 6.45) is 1.31. The van der Waals surface area contributed by atoms with Gasteiger partial charge < -0.3 is 10.4 Å². The number of benzene rings is 1. The summed E-state index contributed by atoms with van der Waals surface area (Å²) in [5, 5.41) is 11.9. The highest BCUT2D eigenvalue weighted by Gasteiger charge is 2.21. The Labute approximate surface area is 82.8 Å². The molecule has 1 aromatic rings. The second kappa shape index (κ2) is 3.42. The summed E-state index contributed by atoms with van der Waals surface area (Å²) >= 11 is 0. The zero-order valence-corrected chi connectivity index (χ0v) is 8.13. The number of carbonyl (C=O) groups excluding carboxylic acids is 1. The molecule has 0 aromatic heterocycles. The molecule has 0 fully saturated rings. The van der Waals surface area contributed by atoms with Crippen LogP contribution in [0.5, 0.6) is 0 Å². The van der Waals surface area contributed by atoms with Gasteiger partial charge in [-0.1, -0.05) is 13.0 Å². The molecule has 1 amide bonds. The molecule has 1 aliphatic rings. The van der Waals surface area contributed by atoms with Crippen molar-refractivity contribution >= 4 is 11.6 Å². The molecule has 0 spiro atoms. The Morgan fingerprint density at radius 1 is 1.50 bits per heavy atom. The Balaban J connectivity index is 2.54. The number of hydrogen-bond donors (Lipinski definition) is 2. The molecule has 1 heterocycles. The number of rotatable bonds is 2. The van der Waals surface area contributed by atoms with Gasteiger partial charge in [-0.25, -0.2) is 0 Å². The third-order valence-corrected chi connectivity index (χ3v) is 2.66. The number of anilines is 1. The van der Waals surface area contributed by atoms with E-state index in [0.29, 0.717) is 6.42 Å². The molecule has 0 saturated carbocycles. The van der Waals surface area contributed by atoms with Crippen LogP contribution in [0.2, 0.25) is 0 Å². The van der Waals surface area contributed by atoms with Crippen LogP contribution in [0.15, 0.2) is 12.1 Å². The highest BCUT2D eigenvalue weighted by molar-refractivity contribution is 5.99. The first kappa shape index (κ1) is 9.21. The van der Waals surface area contributed by atoms with Crippen LogP contribution >= 0.6 is 0 Å². The first-order valence-corrected chi connectivity index (χ1v) is 4.80. The van der Waals surface area contributed by atoms with E-state index in [1.165, 1.54) is 0 Å². The quantitative estimate of drug-likeness (QED) is 0.738. The summed E-state index contributed by atoms with van der Waals surface area (Å²) in [7, 11) is 0. The number of amides is 1. The standard InChI is InChI=1S/C11H13NO2/c1-2-8-7(6-13)3-4-10-9(8)5-11(14)12-10/h3-4,13H,2,5-6H2,1H3,(H,12,14). The molecule has 3 nitrogen and oxygen atoms in total. The first-order chi connectivity index (χ1) is 6.76. The molecule has 0 aliphatic carbocycles. The van der Waals surface area contributed by atoms with Crippen LogP contribution in [-0.4, -0.2) is 11.0 Å². The molecule has 3 heteroatoms. The van der Waals surface area contributed by atoms with Crippen molar-refractivity contribution in [2.45, 2.75) is 26.4 Å². The lowest BCUT2D eigenvalue weighted by atomic mass is 9.97. The van der Waals surface area contributed by atoms with E-state index in [4.69, 9.17) is 5.11 Å². The van der Waals surface area contributed by atoms with E-state index in [9.17, 15) is 4.79 Å². The van der Waals surface area contributed by atoms with Crippen LogP contribution in [-0.2, 0) is 24.2 Å². The minimum absolute atomic E-state index is 0.0461. The number of hydrogen-bond acceptors (Lipinski definition) is 2. The molecule has 0 radical (unpaired) electrons. The fourth-order valence-electron chi connectivity index (χ4n) is 2.00. The molecule has 1 aliphatic heterocycles. The lowest BCUT2D eigenvalue weighted by Gasteiger charge is -2.09. The summed E-state index contributed by atoms with van der Waals surface area (Å²) in [5.41, 5.74) is 4.01. The van der Waals surface area contributed by atoms with Crippen LogP contribution in [0.25, 0.3) is 0 Å². The lowest BCUT2D eigenvalue weighted by Crippen LogP contribution is -2.03. The third-order valence-electron chi connectivity index (χ3n) is 2.66. The zero-order valence-electron chi connectivity index (χ0n) is 8.13. The van der Waals surface area contributed by atoms with Crippen LogP contribution < -0.4 is 5.32 Å². The molecule has 2 N–H and O–H groups in total. The van der Waals surface area contributed by atoms with Gasteiger partial charge in [0.2, 0.25) is 5.91 Å². The second-order valence-corrected chi connectivity index (χ2v) is 3.47. The van der Waals surface area contributed by atoms with E-state index in [1.807, 2.05) is 19.1 Å². The first-order valence-electron chi connectivity index (χ1n) is 4.80. The third kappa shape index (κ3) is 1.30. The second-order valence-electron chi connectivity index (χ2n) is 3.47. The minimum Gasteiger partial charge on any atom is -0.392 e. The van der Waals surface area contributed by atoms with Crippen LogP contribution in [0.1, 0.15) is 23.6 Å². The van der Waals surface area contributed by atoms with Crippen molar-refractivity contribution in [3.05, 3.63) is 28.8 Å². The highest BCUT2D eigenvalue weighted by Crippen LogP contribution is 2.29. The Morgan fingerprint density at radius 3 is 2.93 bits per heavy atom. The van der Waals surface area contributed by atoms with Crippen molar-refractivity contribution in [3.63, 3.8) is 0 Å². The van der Waals surface area contributed by atoms with Gasteiger partial charge in [0.1, 0.15) is 0 Å². The maximum Gasteiger partial charge on any atom is 0.228 e. The molecular formula is C11H13NO2. The summed E-state index contributed by atoms with van der Waals surface area (Å²) < 4.78 is 0. The molecule has 0 atom stereocenters. The smallest absolute Gasteiger partial charge is 0.228 e. The Kier molecular flexibility index (Phi) is 2.25. The number of aliphatic hydroxyl groups excluding tert-OH is 1. The van der Waals surface area contributed by atoms with Crippen LogP contribution in [0.4, 0.5) is 5.69 Å². The van der Waals surface area contributed by atoms with Crippen LogP contribution in [0, 0.1) is 0 Å². The molecule has 1 aromatic carbocycles. The largest absolute Gasteiger partial charge is 0.392 e. The number of nitrogens with one attached hydrogen (secondary N) is 1. The lowest BCUT2D eigenvalue weighted by molar-refractivity contribution is -0.115. The van der Waals surface area contributed by atoms with Crippen molar-refractivity contribution < 1.29 is 9.90 Å². The summed E-state index contributed by atoms with van der Waals surface area (Å²) in [4.78, 5) is 11.2. The monoisotopic (exact) mass is 191 g/mol. The SMILES string of the molecule is CCc1c(CO)ccc2c1CC(=O)N2. The van der Waals surface area contributed by atoms with Gasteiger partial charge >= 0.3 is 0 Å². The zero-order chi connectivity index (χ0) is 10.1. The van der Waals surface area contributed by atoms with Gasteiger partial charge in [-0.05, 0) is 29.2 Å². The highest BCUT2D eigenvalue weighted by atomic mass is 16.3. The molecule has 2 rings (SSSR count). The molecule has 0 saturated heterocycles. The molecule has 0 unspecified atom stereocenters. The fraction of sp³-hybridized carbons (Fsp3) is 0.364. The average Bonchev–Trinajstić information content (AvgIpc) is 2.56. The predicted octanol–water partition coefficient (Wildman–Crippen LogP) is 1.24. The Hall–Kier alpha value is -1.35.